The molecule has 6 rings (SSSR count). The zero-order valence-corrected chi connectivity index (χ0v) is 22.7. The summed E-state index contributed by atoms with van der Waals surface area (Å²) in [6, 6.07) is 14.3. The lowest BCUT2D eigenvalue weighted by atomic mass is 9.63. The molecule has 3 aromatic carbocycles. The fraction of sp³-hybridized carbons (Fsp3) is 0.281. The van der Waals surface area contributed by atoms with Crippen molar-refractivity contribution >= 4 is 40.7 Å². The fourth-order valence-corrected chi connectivity index (χ4v) is 6.82. The average Bonchev–Trinajstić information content (AvgIpc) is 3.33. The fourth-order valence-electron chi connectivity index (χ4n) is 6.64. The second-order valence-corrected chi connectivity index (χ2v) is 12.1. The third-order valence-corrected chi connectivity index (χ3v) is 8.61. The van der Waals surface area contributed by atoms with Gasteiger partial charge in [-0.15, -0.1) is 0 Å². The van der Waals surface area contributed by atoms with Crippen LogP contribution >= 0.6 is 11.6 Å². The Morgan fingerprint density at radius 1 is 0.900 bits per heavy atom. The minimum absolute atomic E-state index is 0.230. The van der Waals surface area contributed by atoms with Crippen LogP contribution in [0.15, 0.2) is 72.8 Å². The topological polar surface area (TPSA) is 54.5 Å². The Kier molecular flexibility index (Phi) is 5.73. The summed E-state index contributed by atoms with van der Waals surface area (Å²) >= 11 is 6.28. The molecule has 2 aliphatic heterocycles. The number of hydrogen-bond acceptors (Lipinski definition) is 4. The number of hydrogen-bond donors (Lipinski definition) is 0. The molecule has 0 radical (unpaired) electrons. The molecule has 4 nitrogen and oxygen atoms in total. The summed E-state index contributed by atoms with van der Waals surface area (Å²) in [6.07, 6.45) is -1.02. The molecular formula is C32H25ClF3NO3. The Hall–Kier alpha value is -3.71. The molecule has 0 N–H and O–H groups in total. The Morgan fingerprint density at radius 2 is 1.50 bits per heavy atom. The van der Waals surface area contributed by atoms with Crippen molar-refractivity contribution in [3.05, 3.63) is 106 Å². The maximum atomic E-state index is 14.5. The second-order valence-electron chi connectivity index (χ2n) is 11.6. The molecule has 0 aromatic heterocycles. The second kappa shape index (κ2) is 8.64. The van der Waals surface area contributed by atoms with Crippen LogP contribution in [0.1, 0.15) is 64.1 Å². The van der Waals surface area contributed by atoms with Gasteiger partial charge >= 0.3 is 6.18 Å². The molecule has 204 valence electrons. The molecule has 1 spiro atoms. The van der Waals surface area contributed by atoms with Crippen LogP contribution in [-0.2, 0) is 11.0 Å². The molecule has 2 heterocycles. The minimum atomic E-state index is -4.57. The van der Waals surface area contributed by atoms with Crippen molar-refractivity contribution in [1.29, 1.82) is 0 Å². The van der Waals surface area contributed by atoms with Crippen LogP contribution < -0.4 is 4.90 Å². The number of carbonyl (C=O) groups is 3. The number of nitrogens with zero attached hydrogens (tertiary/aromatic N) is 1. The van der Waals surface area contributed by atoms with Crippen molar-refractivity contribution in [2.45, 2.75) is 44.9 Å². The Balaban J connectivity index is 1.67. The number of alkyl halides is 3. The van der Waals surface area contributed by atoms with E-state index < -0.39 is 52.1 Å². The smallest absolute Gasteiger partial charge is 0.352 e. The molecule has 8 heteroatoms. The number of ketones is 3. The van der Waals surface area contributed by atoms with E-state index in [1.807, 2.05) is 4.90 Å². The highest BCUT2D eigenvalue weighted by atomic mass is 35.5. The van der Waals surface area contributed by atoms with Crippen LogP contribution in [0.5, 0.6) is 0 Å². The summed E-state index contributed by atoms with van der Waals surface area (Å²) in [5.41, 5.74) is -1.33. The molecule has 3 unspecified atom stereocenters. The van der Waals surface area contributed by atoms with E-state index in [1.165, 1.54) is 12.1 Å². The van der Waals surface area contributed by atoms with Crippen LogP contribution in [0.3, 0.4) is 0 Å². The van der Waals surface area contributed by atoms with Crippen LogP contribution in [-0.4, -0.2) is 29.4 Å². The first kappa shape index (κ1) is 26.5. The van der Waals surface area contributed by atoms with Crippen LogP contribution in [0.2, 0.25) is 5.02 Å². The molecule has 0 amide bonds. The van der Waals surface area contributed by atoms with Gasteiger partial charge in [-0.2, -0.15) is 13.2 Å². The van der Waals surface area contributed by atoms with Crippen LogP contribution in [0.25, 0.3) is 6.08 Å². The molecule has 3 atom stereocenters. The predicted molar refractivity (Wildman–Crippen MR) is 147 cm³/mol. The number of carbonyl (C=O) groups excluding carboxylic acids is 3. The van der Waals surface area contributed by atoms with E-state index in [2.05, 4.69) is 0 Å². The molecule has 1 aliphatic carbocycles. The van der Waals surface area contributed by atoms with Crippen molar-refractivity contribution in [3.8, 4) is 0 Å². The third-order valence-electron chi connectivity index (χ3n) is 8.37. The Labute approximate surface area is 234 Å². The summed E-state index contributed by atoms with van der Waals surface area (Å²) in [5, 5.41) is 0.481. The molecule has 40 heavy (non-hydrogen) atoms. The molecule has 0 bridgehead atoms. The Morgan fingerprint density at radius 3 is 2.05 bits per heavy atom. The lowest BCUT2D eigenvalue weighted by Gasteiger charge is -2.38. The van der Waals surface area contributed by atoms with Gasteiger partial charge in [-0.05, 0) is 41.5 Å². The van der Waals surface area contributed by atoms with Gasteiger partial charge in [0.2, 0.25) is 0 Å². The summed E-state index contributed by atoms with van der Waals surface area (Å²) < 4.78 is 40.5. The maximum absolute atomic E-state index is 14.5. The SMILES string of the molecule is CC(C)(C)C(=O)C1C(c2ccc(C(F)(F)F)cc2)C2(C(=O)c3ccccc3C2=O)C2C=Cc3cc(Cl)ccc3N12. The third kappa shape index (κ3) is 3.56. The van der Waals surface area contributed by atoms with Gasteiger partial charge in [0.15, 0.2) is 17.3 Å². The minimum Gasteiger partial charge on any atom is -0.352 e. The molecule has 0 saturated carbocycles. The van der Waals surface area contributed by atoms with Gasteiger partial charge in [0.25, 0.3) is 0 Å². The van der Waals surface area contributed by atoms with Crippen molar-refractivity contribution in [1.82, 2.24) is 0 Å². The quantitative estimate of drug-likeness (QED) is 0.305. The van der Waals surface area contributed by atoms with Gasteiger partial charge in [-0.3, -0.25) is 14.4 Å². The summed E-state index contributed by atoms with van der Waals surface area (Å²) in [5.74, 6) is -2.14. The normalized spacial score (nSPS) is 22.9. The van der Waals surface area contributed by atoms with Gasteiger partial charge in [-0.1, -0.05) is 80.9 Å². The monoisotopic (exact) mass is 563 g/mol. The number of Topliss-reactive ketones (excluding diaryl/α,β-unsaturated/α-hetero) is 3. The predicted octanol–water partition coefficient (Wildman–Crippen LogP) is 7.41. The van der Waals surface area contributed by atoms with Crippen molar-refractivity contribution in [2.75, 3.05) is 4.90 Å². The average molecular weight is 564 g/mol. The zero-order valence-electron chi connectivity index (χ0n) is 21.9. The van der Waals surface area contributed by atoms with E-state index in [0.717, 1.165) is 12.1 Å². The highest BCUT2D eigenvalue weighted by Crippen LogP contribution is 2.61. The van der Waals surface area contributed by atoms with Gasteiger partial charge in [0, 0.05) is 33.2 Å². The summed E-state index contributed by atoms with van der Waals surface area (Å²) in [7, 11) is 0. The number of rotatable bonds is 2. The molecular weight excluding hydrogens is 539 g/mol. The van der Waals surface area contributed by atoms with Gasteiger partial charge in [0.1, 0.15) is 5.41 Å². The number of benzene rings is 3. The highest BCUT2D eigenvalue weighted by molar-refractivity contribution is 6.32. The highest BCUT2D eigenvalue weighted by Gasteiger charge is 2.71. The molecule has 1 fully saturated rings. The van der Waals surface area contributed by atoms with E-state index in [0.29, 0.717) is 21.8 Å². The van der Waals surface area contributed by atoms with Gasteiger partial charge in [0.05, 0.1) is 17.6 Å². The van der Waals surface area contributed by atoms with E-state index in [4.69, 9.17) is 11.6 Å². The number of fused-ring (bicyclic) bond motifs is 5. The summed E-state index contributed by atoms with van der Waals surface area (Å²) in [4.78, 5) is 45.1. The first-order valence-electron chi connectivity index (χ1n) is 12.9. The Bertz CT molecular complexity index is 1580. The number of halogens is 4. The molecule has 1 saturated heterocycles. The first-order valence-corrected chi connectivity index (χ1v) is 13.3. The number of anilines is 1. The summed E-state index contributed by atoms with van der Waals surface area (Å²) in [6.45, 7) is 5.28. The van der Waals surface area contributed by atoms with E-state index in [-0.39, 0.29) is 16.9 Å². The standard InChI is InChI=1S/C32H25ClF3NO3/c1-30(2,3)29(40)26-25(17-8-11-19(12-9-17)32(34,35)36)31(27(38)21-6-4-5-7-22(21)28(31)39)24-15-10-18-16-20(33)13-14-23(18)37(24)26/h4-16,24-26H,1-3H3. The van der Waals surface area contributed by atoms with Crippen LogP contribution in [0, 0.1) is 10.8 Å². The molecule has 3 aliphatic rings. The van der Waals surface area contributed by atoms with E-state index in [9.17, 15) is 27.6 Å². The van der Waals surface area contributed by atoms with E-state index in [1.54, 1.807) is 75.4 Å². The molecule has 3 aromatic rings. The van der Waals surface area contributed by atoms with Crippen molar-refractivity contribution in [3.63, 3.8) is 0 Å². The van der Waals surface area contributed by atoms with Gasteiger partial charge in [-0.25, -0.2) is 0 Å². The maximum Gasteiger partial charge on any atom is 0.416 e. The van der Waals surface area contributed by atoms with E-state index >= 15 is 0 Å². The van der Waals surface area contributed by atoms with Crippen LogP contribution in [0.4, 0.5) is 18.9 Å². The van der Waals surface area contributed by atoms with Gasteiger partial charge < -0.3 is 4.90 Å². The lowest BCUT2D eigenvalue weighted by molar-refractivity contribution is -0.137. The van der Waals surface area contributed by atoms with Crippen molar-refractivity contribution < 1.29 is 27.6 Å². The first-order chi connectivity index (χ1) is 18.8. The van der Waals surface area contributed by atoms with Crippen molar-refractivity contribution in [2.24, 2.45) is 10.8 Å². The largest absolute Gasteiger partial charge is 0.416 e. The lowest BCUT2D eigenvalue weighted by Crippen LogP contribution is -2.49. The zero-order chi connectivity index (χ0) is 28.8.